The van der Waals surface area contributed by atoms with Gasteiger partial charge in [-0.25, -0.2) is 0 Å². The molecule has 0 nitrogen and oxygen atoms in total. The van der Waals surface area contributed by atoms with E-state index in [9.17, 15) is 0 Å². The van der Waals surface area contributed by atoms with Crippen LogP contribution in [0, 0.1) is 0 Å². The van der Waals surface area contributed by atoms with Crippen molar-refractivity contribution in [3.63, 3.8) is 0 Å². The van der Waals surface area contributed by atoms with Crippen molar-refractivity contribution in [2.75, 3.05) is 0 Å². The summed E-state index contributed by atoms with van der Waals surface area (Å²) in [5, 5.41) is 5.59. The van der Waals surface area contributed by atoms with Crippen LogP contribution in [0.3, 0.4) is 0 Å². The van der Waals surface area contributed by atoms with Crippen molar-refractivity contribution in [1.29, 1.82) is 0 Å². The van der Waals surface area contributed by atoms with Gasteiger partial charge in [-0.15, -0.1) is 22.7 Å². The Kier molecular flexibility index (Phi) is 7.21. The van der Waals surface area contributed by atoms with E-state index in [1.165, 1.54) is 40.2 Å². The molecule has 0 saturated carbocycles. The molecule has 4 aromatic carbocycles. The van der Waals surface area contributed by atoms with Gasteiger partial charge in [-0.2, -0.15) is 0 Å². The Labute approximate surface area is 223 Å². The second-order valence-electron chi connectivity index (χ2n) is 8.29. The summed E-state index contributed by atoms with van der Waals surface area (Å²) >= 11 is 3.89. The topological polar surface area (TPSA) is 0 Å². The summed E-state index contributed by atoms with van der Waals surface area (Å²) in [6.45, 7) is 0. The minimum absolute atomic E-state index is 0.566. The monoisotopic (exact) mass is 534 g/mol. The third kappa shape index (κ3) is 5.01. The minimum atomic E-state index is -0.566. The molecule has 0 aliphatic heterocycles. The smallest absolute Gasteiger partial charge is 0.0449 e. The normalized spacial score (nSPS) is 11.3. The summed E-state index contributed by atoms with van der Waals surface area (Å²) in [6.07, 6.45) is 0. The summed E-state index contributed by atoms with van der Waals surface area (Å²) < 4.78 is 2.89. The van der Waals surface area contributed by atoms with Gasteiger partial charge in [0.05, 0.1) is 0 Å². The third-order valence-corrected chi connectivity index (χ3v) is 14.0. The van der Waals surface area contributed by atoms with Crippen molar-refractivity contribution in [2.45, 2.75) is 0 Å². The van der Waals surface area contributed by atoms with Crippen molar-refractivity contribution < 1.29 is 0 Å². The second kappa shape index (κ2) is 11.0. The van der Waals surface area contributed by atoms with E-state index in [1.807, 2.05) is 22.7 Å². The summed E-state index contributed by atoms with van der Waals surface area (Å²) in [5.41, 5.74) is 0. The molecule has 0 atom stereocenters. The maximum Gasteiger partial charge on any atom is 0.0449 e. The molecule has 6 rings (SSSR count). The Hall–Kier alpha value is -2.86. The van der Waals surface area contributed by atoms with Crippen molar-refractivity contribution >= 4 is 69.0 Å². The Morgan fingerprint density at radius 2 is 0.583 bits per heavy atom. The number of hydrogen-bond acceptors (Lipinski definition) is 2. The highest BCUT2D eigenvalue weighted by Crippen LogP contribution is 2.41. The third-order valence-electron chi connectivity index (χ3n) is 5.92. The van der Waals surface area contributed by atoms with Gasteiger partial charge in [0, 0.05) is 19.0 Å². The molecule has 0 spiro atoms. The first kappa shape index (κ1) is 23.5. The van der Waals surface area contributed by atoms with Gasteiger partial charge in [0.2, 0.25) is 0 Å². The van der Waals surface area contributed by atoms with Crippen LogP contribution >= 0.6 is 38.5 Å². The summed E-state index contributed by atoms with van der Waals surface area (Å²) in [7, 11) is -1.13. The Bertz CT molecular complexity index is 1330. The molecule has 0 bridgehead atoms. The lowest BCUT2D eigenvalue weighted by atomic mass is 10.4. The lowest BCUT2D eigenvalue weighted by Crippen LogP contribution is -2.18. The average Bonchev–Trinajstić information content (AvgIpc) is 3.62. The van der Waals surface area contributed by atoms with Crippen LogP contribution in [0.25, 0.3) is 9.75 Å². The first-order valence-electron chi connectivity index (χ1n) is 11.9. The van der Waals surface area contributed by atoms with E-state index < -0.39 is 15.8 Å². The van der Waals surface area contributed by atoms with E-state index in [0.717, 1.165) is 0 Å². The zero-order valence-electron chi connectivity index (χ0n) is 19.6. The SMILES string of the molecule is c1ccc(P(c2ccccc2)c2ccc(-c3ccc(P(c4ccccc4)c4ccccc4)s3)s2)cc1. The molecule has 2 heterocycles. The molecule has 0 amide bonds. The van der Waals surface area contributed by atoms with Crippen molar-refractivity contribution in [1.82, 2.24) is 0 Å². The molecule has 0 aliphatic rings. The maximum absolute atomic E-state index is 2.35. The Balaban J connectivity index is 1.37. The van der Waals surface area contributed by atoms with E-state index in [2.05, 4.69) is 146 Å². The van der Waals surface area contributed by atoms with Gasteiger partial charge in [0.25, 0.3) is 0 Å². The Morgan fingerprint density at radius 3 is 0.861 bits per heavy atom. The highest BCUT2D eigenvalue weighted by atomic mass is 32.1. The zero-order chi connectivity index (χ0) is 24.2. The van der Waals surface area contributed by atoms with Gasteiger partial charge in [0.15, 0.2) is 0 Å². The summed E-state index contributed by atoms with van der Waals surface area (Å²) in [4.78, 5) is 2.72. The zero-order valence-corrected chi connectivity index (χ0v) is 23.0. The fourth-order valence-corrected chi connectivity index (χ4v) is 12.4. The number of benzene rings is 4. The fourth-order valence-electron chi connectivity index (χ4n) is 4.28. The molecule has 6 aromatic rings. The summed E-state index contributed by atoms with van der Waals surface area (Å²) in [5.74, 6) is 0. The first-order valence-corrected chi connectivity index (χ1v) is 16.2. The van der Waals surface area contributed by atoms with Gasteiger partial charge >= 0.3 is 0 Å². The molecular weight excluding hydrogens is 510 g/mol. The molecule has 2 aromatic heterocycles. The predicted octanol–water partition coefficient (Wildman–Crippen LogP) is 6.99. The van der Waals surface area contributed by atoms with Crippen molar-refractivity contribution in [2.24, 2.45) is 0 Å². The molecule has 0 aliphatic carbocycles. The van der Waals surface area contributed by atoms with Gasteiger partial charge in [-0.3, -0.25) is 0 Å². The largest absolute Gasteiger partial charge is 0.134 e. The van der Waals surface area contributed by atoms with E-state index in [1.54, 1.807) is 0 Å². The van der Waals surface area contributed by atoms with Crippen molar-refractivity contribution in [3.8, 4) is 9.75 Å². The van der Waals surface area contributed by atoms with Crippen LogP contribution in [0.2, 0.25) is 0 Å². The highest BCUT2D eigenvalue weighted by Gasteiger charge is 2.21. The number of thiophene rings is 2. The van der Waals surface area contributed by atoms with Gasteiger partial charge in [-0.05, 0) is 61.3 Å². The fraction of sp³-hybridized carbons (Fsp3) is 0. The van der Waals surface area contributed by atoms with E-state index in [0.29, 0.717) is 0 Å². The molecule has 0 N–H and O–H groups in total. The van der Waals surface area contributed by atoms with Crippen molar-refractivity contribution in [3.05, 3.63) is 146 Å². The molecule has 0 unspecified atom stereocenters. The lowest BCUT2D eigenvalue weighted by molar-refractivity contribution is 1.75. The minimum Gasteiger partial charge on any atom is -0.134 e. The van der Waals surface area contributed by atoms with E-state index >= 15 is 0 Å². The average molecular weight is 535 g/mol. The van der Waals surface area contributed by atoms with E-state index in [-0.39, 0.29) is 0 Å². The lowest BCUT2D eigenvalue weighted by Gasteiger charge is -2.17. The predicted molar refractivity (Wildman–Crippen MR) is 165 cm³/mol. The number of rotatable bonds is 7. The molecule has 0 fully saturated rings. The van der Waals surface area contributed by atoms with Gasteiger partial charge in [0.1, 0.15) is 0 Å². The van der Waals surface area contributed by atoms with Crippen LogP contribution in [0.15, 0.2) is 146 Å². The van der Waals surface area contributed by atoms with Crippen LogP contribution in [-0.2, 0) is 0 Å². The summed E-state index contributed by atoms with van der Waals surface area (Å²) in [6, 6.07) is 53.2. The van der Waals surface area contributed by atoms with Crippen LogP contribution in [-0.4, -0.2) is 0 Å². The standard InChI is InChI=1S/C32H24P2S2/c1-5-13-25(14-6-1)33(26-15-7-2-8-16-26)31-23-21-29(35-31)30-22-24-32(36-30)34(27-17-9-3-10-18-27)28-19-11-4-12-20-28/h1-24H. The van der Waals surface area contributed by atoms with Crippen LogP contribution in [0.5, 0.6) is 0 Å². The molecule has 0 radical (unpaired) electrons. The van der Waals surface area contributed by atoms with Gasteiger partial charge in [-0.1, -0.05) is 121 Å². The van der Waals surface area contributed by atoms with Gasteiger partial charge < -0.3 is 0 Å². The molecule has 174 valence electrons. The van der Waals surface area contributed by atoms with E-state index in [4.69, 9.17) is 0 Å². The van der Waals surface area contributed by atoms with Crippen LogP contribution in [0.4, 0.5) is 0 Å². The second-order valence-corrected chi connectivity index (χ2v) is 15.4. The van der Waals surface area contributed by atoms with Crippen LogP contribution in [0.1, 0.15) is 0 Å². The quantitative estimate of drug-likeness (QED) is 0.194. The molecule has 0 saturated heterocycles. The Morgan fingerprint density at radius 1 is 0.306 bits per heavy atom. The first-order chi connectivity index (χ1) is 17.9. The molecule has 4 heteroatoms. The van der Waals surface area contributed by atoms with Crippen LogP contribution < -0.4 is 30.5 Å². The highest BCUT2D eigenvalue weighted by molar-refractivity contribution is 7.85. The number of hydrogen-bond donors (Lipinski definition) is 0. The molecule has 36 heavy (non-hydrogen) atoms. The molecular formula is C32H24P2S2. The maximum atomic E-state index is 2.35.